The number of amides is 1. The van der Waals surface area contributed by atoms with Gasteiger partial charge in [-0.2, -0.15) is 0 Å². The zero-order chi connectivity index (χ0) is 15.2. The predicted octanol–water partition coefficient (Wildman–Crippen LogP) is 2.01. The van der Waals surface area contributed by atoms with E-state index in [9.17, 15) is 9.18 Å². The Bertz CT molecular complexity index is 456. The number of hydrogen-bond donors (Lipinski definition) is 0. The Hall–Kier alpha value is -1.46. The monoisotopic (exact) mass is 294 g/mol. The molecule has 1 heterocycles. The van der Waals surface area contributed by atoms with Crippen LogP contribution in [-0.4, -0.2) is 62.1 Å². The van der Waals surface area contributed by atoms with Crippen LogP contribution in [0.4, 0.5) is 4.39 Å². The highest BCUT2D eigenvalue weighted by Gasteiger charge is 2.23. The van der Waals surface area contributed by atoms with Gasteiger partial charge in [-0.1, -0.05) is 0 Å². The van der Waals surface area contributed by atoms with Crippen molar-refractivity contribution in [3.8, 4) is 0 Å². The molecule has 1 aliphatic heterocycles. The lowest BCUT2D eigenvalue weighted by atomic mass is 10.1. The van der Waals surface area contributed by atoms with Crippen molar-refractivity contribution >= 4 is 5.91 Å². The molecule has 1 fully saturated rings. The van der Waals surface area contributed by atoms with E-state index in [1.807, 2.05) is 23.9 Å². The third kappa shape index (κ3) is 4.79. The van der Waals surface area contributed by atoms with E-state index in [4.69, 9.17) is 4.74 Å². The topological polar surface area (TPSA) is 32.8 Å². The summed E-state index contributed by atoms with van der Waals surface area (Å²) in [7, 11) is 3.96. The minimum atomic E-state index is -0.328. The van der Waals surface area contributed by atoms with Gasteiger partial charge in [0.15, 0.2) is 0 Å². The van der Waals surface area contributed by atoms with Crippen molar-refractivity contribution in [1.82, 2.24) is 9.80 Å². The van der Waals surface area contributed by atoms with Crippen LogP contribution in [0.1, 0.15) is 23.2 Å². The Morgan fingerprint density at radius 2 is 2.00 bits per heavy atom. The third-order valence-corrected chi connectivity index (χ3v) is 3.64. The van der Waals surface area contributed by atoms with E-state index in [1.165, 1.54) is 24.3 Å². The summed E-state index contributed by atoms with van der Waals surface area (Å²) in [5.41, 5.74) is 0.521. The van der Waals surface area contributed by atoms with Crippen LogP contribution in [0.5, 0.6) is 0 Å². The molecule has 4 nitrogen and oxygen atoms in total. The molecule has 0 unspecified atom stereocenters. The molecular weight excluding hydrogens is 271 g/mol. The Morgan fingerprint density at radius 1 is 1.29 bits per heavy atom. The molecule has 1 amide bonds. The van der Waals surface area contributed by atoms with Gasteiger partial charge in [0.2, 0.25) is 0 Å². The number of halogens is 1. The van der Waals surface area contributed by atoms with E-state index in [2.05, 4.69) is 0 Å². The van der Waals surface area contributed by atoms with Gasteiger partial charge in [0, 0.05) is 31.8 Å². The summed E-state index contributed by atoms with van der Waals surface area (Å²) in [6, 6.07) is 5.72. The summed E-state index contributed by atoms with van der Waals surface area (Å²) in [6.45, 7) is 2.81. The predicted molar refractivity (Wildman–Crippen MR) is 79.8 cm³/mol. The molecule has 1 aromatic carbocycles. The second kappa shape index (κ2) is 7.52. The fourth-order valence-electron chi connectivity index (χ4n) is 2.41. The van der Waals surface area contributed by atoms with Gasteiger partial charge < -0.3 is 14.5 Å². The number of benzene rings is 1. The lowest BCUT2D eigenvalue weighted by Crippen LogP contribution is -2.41. The molecule has 2 rings (SSSR count). The number of likely N-dealkylation sites (N-methyl/N-ethyl adjacent to an activating group) is 1. The summed E-state index contributed by atoms with van der Waals surface area (Å²) in [6.07, 6.45) is 2.17. The highest BCUT2D eigenvalue weighted by Crippen LogP contribution is 2.15. The molecule has 0 radical (unpaired) electrons. The van der Waals surface area contributed by atoms with Crippen molar-refractivity contribution < 1.29 is 13.9 Å². The van der Waals surface area contributed by atoms with Gasteiger partial charge >= 0.3 is 0 Å². The van der Waals surface area contributed by atoms with Gasteiger partial charge in [-0.15, -0.1) is 0 Å². The summed E-state index contributed by atoms with van der Waals surface area (Å²) in [5.74, 6) is -0.391. The standard InChI is InChI=1S/C16H23FN2O2/c1-18(2)9-10-19(12-15-4-3-11-21-15)16(20)13-5-7-14(17)8-6-13/h5-8,15H,3-4,9-12H2,1-2H3/t15-/m1/s1. The van der Waals surface area contributed by atoms with E-state index in [1.54, 1.807) is 0 Å². The van der Waals surface area contributed by atoms with Crippen molar-refractivity contribution in [2.75, 3.05) is 40.3 Å². The van der Waals surface area contributed by atoms with E-state index >= 15 is 0 Å². The molecule has 0 aromatic heterocycles. The van der Waals surface area contributed by atoms with Crippen LogP contribution in [0.25, 0.3) is 0 Å². The highest BCUT2D eigenvalue weighted by atomic mass is 19.1. The van der Waals surface area contributed by atoms with Crippen molar-refractivity contribution in [3.63, 3.8) is 0 Å². The molecule has 0 spiro atoms. The minimum Gasteiger partial charge on any atom is -0.376 e. The first kappa shape index (κ1) is 15.9. The van der Waals surface area contributed by atoms with Crippen molar-refractivity contribution in [2.45, 2.75) is 18.9 Å². The average Bonchev–Trinajstić information content (AvgIpc) is 2.96. The SMILES string of the molecule is CN(C)CCN(C[C@H]1CCCO1)C(=O)c1ccc(F)cc1. The Labute approximate surface area is 125 Å². The quantitative estimate of drug-likeness (QED) is 0.804. The van der Waals surface area contributed by atoms with Gasteiger partial charge in [0.05, 0.1) is 6.10 Å². The maximum absolute atomic E-state index is 13.0. The lowest BCUT2D eigenvalue weighted by Gasteiger charge is -2.27. The minimum absolute atomic E-state index is 0.0626. The Balaban J connectivity index is 2.04. The van der Waals surface area contributed by atoms with Crippen LogP contribution >= 0.6 is 0 Å². The Kier molecular flexibility index (Phi) is 5.70. The van der Waals surface area contributed by atoms with E-state index in [0.29, 0.717) is 18.7 Å². The maximum Gasteiger partial charge on any atom is 0.253 e. The molecule has 1 saturated heterocycles. The van der Waals surface area contributed by atoms with Gasteiger partial charge in [-0.25, -0.2) is 4.39 Å². The molecular formula is C16H23FN2O2. The number of hydrogen-bond acceptors (Lipinski definition) is 3. The van der Waals surface area contributed by atoms with E-state index in [0.717, 1.165) is 26.0 Å². The second-order valence-electron chi connectivity index (χ2n) is 5.70. The molecule has 1 aromatic rings. The van der Waals surface area contributed by atoms with Crippen LogP contribution in [-0.2, 0) is 4.74 Å². The Morgan fingerprint density at radius 3 is 2.57 bits per heavy atom. The van der Waals surface area contributed by atoms with Gasteiger partial charge in [-0.3, -0.25) is 4.79 Å². The molecule has 0 bridgehead atoms. The third-order valence-electron chi connectivity index (χ3n) is 3.64. The first-order valence-electron chi connectivity index (χ1n) is 7.37. The van der Waals surface area contributed by atoms with Crippen molar-refractivity contribution in [3.05, 3.63) is 35.6 Å². The normalized spacial score (nSPS) is 18.2. The summed E-state index contributed by atoms with van der Waals surface area (Å²) < 4.78 is 18.6. The molecule has 0 aliphatic carbocycles. The first-order valence-corrected chi connectivity index (χ1v) is 7.37. The number of nitrogens with zero attached hydrogens (tertiary/aromatic N) is 2. The molecule has 5 heteroatoms. The summed E-state index contributed by atoms with van der Waals surface area (Å²) in [5, 5.41) is 0. The van der Waals surface area contributed by atoms with Crippen molar-refractivity contribution in [2.24, 2.45) is 0 Å². The molecule has 116 valence electrons. The van der Waals surface area contributed by atoms with E-state index < -0.39 is 0 Å². The number of carbonyl (C=O) groups is 1. The van der Waals surface area contributed by atoms with Crippen LogP contribution in [0.15, 0.2) is 24.3 Å². The summed E-state index contributed by atoms with van der Waals surface area (Å²) >= 11 is 0. The smallest absolute Gasteiger partial charge is 0.253 e. The lowest BCUT2D eigenvalue weighted by molar-refractivity contribution is 0.0512. The van der Waals surface area contributed by atoms with Gasteiger partial charge in [0.25, 0.3) is 5.91 Å². The van der Waals surface area contributed by atoms with Crippen LogP contribution in [0.2, 0.25) is 0 Å². The molecule has 1 aliphatic rings. The second-order valence-corrected chi connectivity index (χ2v) is 5.70. The van der Waals surface area contributed by atoms with Crippen LogP contribution < -0.4 is 0 Å². The molecule has 1 atom stereocenters. The van der Waals surface area contributed by atoms with Crippen molar-refractivity contribution in [1.29, 1.82) is 0 Å². The molecule has 21 heavy (non-hydrogen) atoms. The zero-order valence-corrected chi connectivity index (χ0v) is 12.7. The number of carbonyl (C=O) groups excluding carboxylic acids is 1. The molecule has 0 saturated carbocycles. The summed E-state index contributed by atoms with van der Waals surface area (Å²) in [4.78, 5) is 16.4. The van der Waals surface area contributed by atoms with E-state index in [-0.39, 0.29) is 17.8 Å². The zero-order valence-electron chi connectivity index (χ0n) is 12.7. The first-order chi connectivity index (χ1) is 10.1. The maximum atomic E-state index is 13.0. The number of ether oxygens (including phenoxy) is 1. The molecule has 0 N–H and O–H groups in total. The van der Waals surface area contributed by atoms with Gasteiger partial charge in [-0.05, 0) is 51.2 Å². The fraction of sp³-hybridized carbons (Fsp3) is 0.562. The number of rotatable bonds is 6. The van der Waals surface area contributed by atoms with Crippen LogP contribution in [0, 0.1) is 5.82 Å². The van der Waals surface area contributed by atoms with Gasteiger partial charge in [0.1, 0.15) is 5.82 Å². The average molecular weight is 294 g/mol. The fourth-order valence-corrected chi connectivity index (χ4v) is 2.41. The largest absolute Gasteiger partial charge is 0.376 e. The highest BCUT2D eigenvalue weighted by molar-refractivity contribution is 5.94. The van der Waals surface area contributed by atoms with Crippen LogP contribution in [0.3, 0.4) is 0 Å².